The fraction of sp³-hybridized carbons (Fsp3) is 0.500. The summed E-state index contributed by atoms with van der Waals surface area (Å²) in [4.78, 5) is 41.8. The first kappa shape index (κ1) is 43.2. The van der Waals surface area contributed by atoms with E-state index in [-0.39, 0.29) is 35.3 Å². The van der Waals surface area contributed by atoms with Crippen LogP contribution in [0.25, 0.3) is 11.3 Å². The van der Waals surface area contributed by atoms with Crippen molar-refractivity contribution in [2.24, 2.45) is 11.1 Å². The molecule has 0 fully saturated rings. The van der Waals surface area contributed by atoms with Crippen LogP contribution in [0.4, 0.5) is 22.0 Å². The molecule has 2 aromatic carbocycles. The first-order valence-corrected chi connectivity index (χ1v) is 17.4. The van der Waals surface area contributed by atoms with Crippen molar-refractivity contribution in [2.45, 2.75) is 85.2 Å². The van der Waals surface area contributed by atoms with Crippen LogP contribution in [-0.4, -0.2) is 73.8 Å². The minimum atomic E-state index is -5.08. The predicted molar refractivity (Wildman–Crippen MR) is 187 cm³/mol. The maximum Gasteiger partial charge on any atom is 0.490 e. The number of alkyl halides is 3. The van der Waals surface area contributed by atoms with E-state index in [1.807, 2.05) is 81.3 Å². The van der Waals surface area contributed by atoms with Gasteiger partial charge in [0.15, 0.2) is 0 Å². The number of ether oxygens (including phenoxy) is 1. The Morgan fingerprint density at radius 3 is 2.18 bits per heavy atom. The summed E-state index contributed by atoms with van der Waals surface area (Å²) < 4.78 is 68.3. The van der Waals surface area contributed by atoms with Gasteiger partial charge in [0.05, 0.1) is 17.5 Å². The highest BCUT2D eigenvalue weighted by atomic mass is 32.2. The number of aromatic nitrogens is 2. The summed E-state index contributed by atoms with van der Waals surface area (Å²) in [6, 6.07) is 12.6. The molecule has 3 aromatic rings. The molecule has 3 N–H and O–H groups in total. The van der Waals surface area contributed by atoms with Crippen LogP contribution < -0.4 is 5.73 Å². The molecule has 1 aromatic heterocycles. The number of carbonyl (C=O) groups is 3. The molecule has 0 radical (unpaired) electrons. The Bertz CT molecular complexity index is 1590. The van der Waals surface area contributed by atoms with Gasteiger partial charge in [-0.3, -0.25) is 9.59 Å². The molecule has 0 aliphatic heterocycles. The second-order valence-electron chi connectivity index (χ2n) is 13.8. The van der Waals surface area contributed by atoms with Crippen molar-refractivity contribution in [3.05, 3.63) is 77.8 Å². The summed E-state index contributed by atoms with van der Waals surface area (Å²) in [6.07, 6.45) is -1.99. The third kappa shape index (κ3) is 14.6. The zero-order valence-corrected chi connectivity index (χ0v) is 30.5. The standard InChI is InChI=1S/C34H46F2N4O3S.C2HF3O2/c1-33(2,3)31(40(29(41)23-44-19-17-37)18-11-10-14-30(42)43-34(4,5)6)32-38-28(26-20-25(35)15-16-27(26)36)22-39(32)21-24-12-8-7-9-13-24;3-2(4,5)1(6)7/h7-9,12-13,15-16,20,22,31H,10-11,14,17-19,21,23,37H2,1-6H3;(H,6,7)/t31-;/m0./s1. The number of nitrogens with zero attached hydrogens (tertiary/aromatic N) is 3. The van der Waals surface area contributed by atoms with E-state index in [1.165, 1.54) is 11.8 Å². The van der Waals surface area contributed by atoms with Crippen LogP contribution >= 0.6 is 11.8 Å². The van der Waals surface area contributed by atoms with Crippen LogP contribution in [0.1, 0.15) is 78.2 Å². The van der Waals surface area contributed by atoms with Gasteiger partial charge in [0.1, 0.15) is 23.1 Å². The van der Waals surface area contributed by atoms with E-state index in [0.29, 0.717) is 44.1 Å². The Labute approximate surface area is 299 Å². The van der Waals surface area contributed by atoms with Crippen molar-refractivity contribution >= 4 is 29.6 Å². The van der Waals surface area contributed by atoms with Crippen molar-refractivity contribution in [1.29, 1.82) is 0 Å². The average molecular weight is 743 g/mol. The highest BCUT2D eigenvalue weighted by Crippen LogP contribution is 2.40. The van der Waals surface area contributed by atoms with Gasteiger partial charge in [0, 0.05) is 43.6 Å². The summed E-state index contributed by atoms with van der Waals surface area (Å²) in [5.41, 5.74) is 5.98. The molecule has 51 heavy (non-hydrogen) atoms. The van der Waals surface area contributed by atoms with Crippen LogP contribution in [0.15, 0.2) is 54.7 Å². The van der Waals surface area contributed by atoms with Crippen molar-refractivity contribution in [3.8, 4) is 11.3 Å². The molecule has 282 valence electrons. The number of hydrogen-bond acceptors (Lipinski definition) is 7. The minimum absolute atomic E-state index is 0.0551. The third-order valence-corrected chi connectivity index (χ3v) is 8.06. The van der Waals surface area contributed by atoms with Crippen LogP contribution in [0.5, 0.6) is 0 Å². The summed E-state index contributed by atoms with van der Waals surface area (Å²) >= 11 is 1.47. The number of esters is 1. The monoisotopic (exact) mass is 742 g/mol. The zero-order chi connectivity index (χ0) is 38.6. The van der Waals surface area contributed by atoms with Gasteiger partial charge in [-0.2, -0.15) is 24.9 Å². The number of carboxylic acid groups (broad SMARTS) is 1. The number of amides is 1. The fourth-order valence-corrected chi connectivity index (χ4v) is 5.69. The number of imidazole rings is 1. The predicted octanol–water partition coefficient (Wildman–Crippen LogP) is 7.63. The fourth-order valence-electron chi connectivity index (χ4n) is 5.04. The zero-order valence-electron chi connectivity index (χ0n) is 29.7. The Kier molecular flexibility index (Phi) is 16.1. The molecule has 3 rings (SSSR count). The average Bonchev–Trinajstić information content (AvgIpc) is 3.41. The molecule has 15 heteroatoms. The van der Waals surface area contributed by atoms with Gasteiger partial charge in [-0.15, -0.1) is 0 Å². The lowest BCUT2D eigenvalue weighted by Gasteiger charge is -2.40. The van der Waals surface area contributed by atoms with E-state index in [9.17, 15) is 31.5 Å². The lowest BCUT2D eigenvalue weighted by Crippen LogP contribution is -2.44. The van der Waals surface area contributed by atoms with Gasteiger partial charge in [-0.05, 0) is 62.8 Å². The minimum Gasteiger partial charge on any atom is -0.475 e. The number of nitrogens with two attached hydrogens (primary N) is 1. The molecular weight excluding hydrogens is 695 g/mol. The van der Waals surface area contributed by atoms with Crippen molar-refractivity contribution in [3.63, 3.8) is 0 Å². The quantitative estimate of drug-likeness (QED) is 0.0981. The van der Waals surface area contributed by atoms with Crippen LogP contribution in [-0.2, 0) is 25.7 Å². The van der Waals surface area contributed by atoms with Gasteiger partial charge in [-0.1, -0.05) is 51.1 Å². The van der Waals surface area contributed by atoms with Gasteiger partial charge in [0.2, 0.25) is 5.91 Å². The molecule has 1 amide bonds. The molecule has 0 saturated heterocycles. The van der Waals surface area contributed by atoms with E-state index in [2.05, 4.69) is 0 Å². The highest BCUT2D eigenvalue weighted by molar-refractivity contribution is 7.99. The largest absolute Gasteiger partial charge is 0.490 e. The number of hydrogen-bond donors (Lipinski definition) is 2. The summed E-state index contributed by atoms with van der Waals surface area (Å²) in [5.74, 6) is -2.80. The topological polar surface area (TPSA) is 128 Å². The van der Waals surface area contributed by atoms with Crippen LogP contribution in [0.2, 0.25) is 0 Å². The second-order valence-corrected chi connectivity index (χ2v) is 14.9. The van der Waals surface area contributed by atoms with Gasteiger partial charge < -0.3 is 25.0 Å². The molecule has 0 saturated carbocycles. The number of carboxylic acids is 1. The molecule has 0 aliphatic rings. The van der Waals surface area contributed by atoms with E-state index in [1.54, 1.807) is 6.20 Å². The van der Waals surface area contributed by atoms with Gasteiger partial charge in [0.25, 0.3) is 0 Å². The Morgan fingerprint density at radius 2 is 1.63 bits per heavy atom. The first-order valence-electron chi connectivity index (χ1n) is 16.3. The smallest absolute Gasteiger partial charge is 0.475 e. The maximum atomic E-state index is 15.0. The SMILES string of the molecule is CC(C)(C)OC(=O)CCCCN(C(=O)CSCCN)[C@@H](c1nc(-c2cc(F)ccc2F)cn1Cc1ccccc1)C(C)(C)C.O=C(O)C(F)(F)F. The van der Waals surface area contributed by atoms with Crippen molar-refractivity contribution in [1.82, 2.24) is 14.5 Å². The van der Waals surface area contributed by atoms with Crippen molar-refractivity contribution in [2.75, 3.05) is 24.6 Å². The Balaban J connectivity index is 0.00000116. The van der Waals surface area contributed by atoms with E-state index in [0.717, 1.165) is 23.8 Å². The first-order chi connectivity index (χ1) is 23.6. The lowest BCUT2D eigenvalue weighted by atomic mass is 9.84. The van der Waals surface area contributed by atoms with E-state index >= 15 is 0 Å². The van der Waals surface area contributed by atoms with Crippen molar-refractivity contribution < 1.29 is 46.2 Å². The summed E-state index contributed by atoms with van der Waals surface area (Å²) in [6.45, 7) is 12.9. The number of aliphatic carboxylic acids is 1. The molecule has 0 spiro atoms. The number of thioether (sulfide) groups is 1. The molecule has 1 atom stereocenters. The molecule has 0 bridgehead atoms. The van der Waals surface area contributed by atoms with Crippen LogP contribution in [0.3, 0.4) is 0 Å². The van der Waals surface area contributed by atoms with E-state index in [4.69, 9.17) is 25.4 Å². The Morgan fingerprint density at radius 1 is 1.00 bits per heavy atom. The number of rotatable bonds is 14. The number of unbranched alkanes of at least 4 members (excludes halogenated alkanes) is 1. The number of halogens is 5. The number of carbonyl (C=O) groups excluding carboxylic acids is 2. The Hall–Kier alpha value is -3.98. The second kappa shape index (κ2) is 19.0. The van der Waals surface area contributed by atoms with Crippen LogP contribution in [0, 0.1) is 17.0 Å². The highest BCUT2D eigenvalue weighted by Gasteiger charge is 2.39. The maximum absolute atomic E-state index is 15.0. The van der Waals surface area contributed by atoms with E-state index < -0.39 is 40.8 Å². The lowest BCUT2D eigenvalue weighted by molar-refractivity contribution is -0.192. The van der Waals surface area contributed by atoms with Gasteiger partial charge >= 0.3 is 18.1 Å². The third-order valence-electron chi connectivity index (χ3n) is 7.08. The molecule has 1 heterocycles. The molecule has 0 aliphatic carbocycles. The summed E-state index contributed by atoms with van der Waals surface area (Å²) in [7, 11) is 0. The molecular formula is C36H47F5N4O5S. The normalized spacial score (nSPS) is 12.5. The molecule has 9 nitrogen and oxygen atoms in total. The van der Waals surface area contributed by atoms with Gasteiger partial charge in [-0.25, -0.2) is 18.6 Å². The summed E-state index contributed by atoms with van der Waals surface area (Å²) in [5, 5.41) is 7.12. The molecule has 0 unspecified atom stereocenters. The number of benzene rings is 2.